The largest absolute Gasteiger partial charge is 0.366 e. The number of carbonyl (C=O) groups is 1. The van der Waals surface area contributed by atoms with E-state index in [0.29, 0.717) is 4.47 Å². The SMILES string of the molecule is NC(=O)c1ccc(Br)c(Cl)c1F. The van der Waals surface area contributed by atoms with E-state index < -0.39 is 11.7 Å². The van der Waals surface area contributed by atoms with E-state index in [1.54, 1.807) is 0 Å². The molecule has 1 rings (SSSR count). The minimum Gasteiger partial charge on any atom is -0.366 e. The number of amides is 1. The van der Waals surface area contributed by atoms with E-state index in [1.165, 1.54) is 12.1 Å². The topological polar surface area (TPSA) is 43.1 Å². The van der Waals surface area contributed by atoms with Gasteiger partial charge in [-0.25, -0.2) is 4.39 Å². The molecule has 2 nitrogen and oxygen atoms in total. The maximum Gasteiger partial charge on any atom is 0.251 e. The molecule has 0 aliphatic rings. The number of benzene rings is 1. The van der Waals surface area contributed by atoms with E-state index in [1.807, 2.05) is 0 Å². The molecule has 0 bridgehead atoms. The second kappa shape index (κ2) is 3.41. The third-order valence-corrected chi connectivity index (χ3v) is 2.56. The van der Waals surface area contributed by atoms with Gasteiger partial charge >= 0.3 is 0 Å². The normalized spacial score (nSPS) is 9.92. The van der Waals surface area contributed by atoms with Crippen LogP contribution in [0.4, 0.5) is 4.39 Å². The maximum atomic E-state index is 13.1. The Balaban J connectivity index is 3.36. The first kappa shape index (κ1) is 9.48. The van der Waals surface area contributed by atoms with Crippen LogP contribution in [0, 0.1) is 5.82 Å². The highest BCUT2D eigenvalue weighted by molar-refractivity contribution is 9.10. The van der Waals surface area contributed by atoms with Crippen molar-refractivity contribution in [2.75, 3.05) is 0 Å². The van der Waals surface area contributed by atoms with Crippen molar-refractivity contribution in [2.24, 2.45) is 5.73 Å². The van der Waals surface area contributed by atoms with Crippen LogP contribution in [-0.4, -0.2) is 5.91 Å². The van der Waals surface area contributed by atoms with Crippen LogP contribution in [0.3, 0.4) is 0 Å². The Bertz CT molecular complexity index is 342. The fourth-order valence-electron chi connectivity index (χ4n) is 0.716. The maximum absolute atomic E-state index is 13.1. The van der Waals surface area contributed by atoms with Crippen molar-refractivity contribution in [3.63, 3.8) is 0 Å². The highest BCUT2D eigenvalue weighted by atomic mass is 79.9. The highest BCUT2D eigenvalue weighted by Gasteiger charge is 2.13. The summed E-state index contributed by atoms with van der Waals surface area (Å²) in [5, 5.41) is -0.133. The number of nitrogens with two attached hydrogens (primary N) is 1. The number of hydrogen-bond acceptors (Lipinski definition) is 1. The van der Waals surface area contributed by atoms with Crippen LogP contribution >= 0.6 is 27.5 Å². The average Bonchev–Trinajstić information content (AvgIpc) is 2.00. The van der Waals surface area contributed by atoms with Crippen molar-refractivity contribution in [1.82, 2.24) is 0 Å². The molecule has 64 valence electrons. The molecule has 0 unspecified atom stereocenters. The number of carbonyl (C=O) groups excluding carboxylic acids is 1. The third kappa shape index (κ3) is 1.59. The lowest BCUT2D eigenvalue weighted by molar-refractivity contribution is 0.0996. The molecule has 0 aliphatic carbocycles. The van der Waals surface area contributed by atoms with Crippen molar-refractivity contribution >= 4 is 33.4 Å². The highest BCUT2D eigenvalue weighted by Crippen LogP contribution is 2.27. The van der Waals surface area contributed by atoms with Gasteiger partial charge < -0.3 is 5.73 Å². The second-order valence-corrected chi connectivity index (χ2v) is 3.32. The number of hydrogen-bond donors (Lipinski definition) is 1. The zero-order chi connectivity index (χ0) is 9.30. The zero-order valence-corrected chi connectivity index (χ0v) is 8.12. The van der Waals surface area contributed by atoms with Crippen LogP contribution in [0.1, 0.15) is 10.4 Å². The molecule has 0 saturated carbocycles. The summed E-state index contributed by atoms with van der Waals surface area (Å²) in [6.07, 6.45) is 0. The molecule has 2 N–H and O–H groups in total. The van der Waals surface area contributed by atoms with Gasteiger partial charge in [0.15, 0.2) is 5.82 Å². The molecule has 0 spiro atoms. The van der Waals surface area contributed by atoms with Crippen LogP contribution < -0.4 is 5.73 Å². The molecule has 0 atom stereocenters. The van der Waals surface area contributed by atoms with Gasteiger partial charge in [-0.3, -0.25) is 4.79 Å². The minimum atomic E-state index is -0.832. The molecule has 0 aromatic heterocycles. The molecule has 1 aromatic rings. The molecule has 0 aliphatic heterocycles. The van der Waals surface area contributed by atoms with E-state index in [0.717, 1.165) is 0 Å². The fourth-order valence-corrected chi connectivity index (χ4v) is 1.19. The van der Waals surface area contributed by atoms with E-state index in [2.05, 4.69) is 15.9 Å². The predicted octanol–water partition coefficient (Wildman–Crippen LogP) is 2.34. The van der Waals surface area contributed by atoms with Crippen LogP contribution in [-0.2, 0) is 0 Å². The Kier molecular flexibility index (Phi) is 2.69. The quantitative estimate of drug-likeness (QED) is 0.766. The second-order valence-electron chi connectivity index (χ2n) is 2.09. The Hall–Kier alpha value is -0.610. The summed E-state index contributed by atoms with van der Waals surface area (Å²) in [5.41, 5.74) is 4.68. The van der Waals surface area contributed by atoms with Gasteiger partial charge in [-0.15, -0.1) is 0 Å². The van der Waals surface area contributed by atoms with E-state index in [4.69, 9.17) is 17.3 Å². The lowest BCUT2D eigenvalue weighted by atomic mass is 10.2. The van der Waals surface area contributed by atoms with Crippen molar-refractivity contribution in [2.45, 2.75) is 0 Å². The Labute approximate surface area is 81.6 Å². The molecular formula is C7H4BrClFNO. The molecule has 12 heavy (non-hydrogen) atoms. The van der Waals surface area contributed by atoms with Crippen molar-refractivity contribution < 1.29 is 9.18 Å². The zero-order valence-electron chi connectivity index (χ0n) is 5.77. The van der Waals surface area contributed by atoms with Gasteiger partial charge in [0.25, 0.3) is 5.91 Å². The summed E-state index contributed by atoms with van der Waals surface area (Å²) >= 11 is 8.50. The summed E-state index contributed by atoms with van der Waals surface area (Å²) in [4.78, 5) is 10.6. The lowest BCUT2D eigenvalue weighted by Gasteiger charge is -2.01. The van der Waals surface area contributed by atoms with Gasteiger partial charge in [0.1, 0.15) is 0 Å². The Morgan fingerprint density at radius 3 is 2.67 bits per heavy atom. The standard InChI is InChI=1S/C7H4BrClFNO/c8-4-2-1-3(7(11)12)6(10)5(4)9/h1-2H,(H2,11,12). The van der Waals surface area contributed by atoms with Crippen LogP contribution in [0.2, 0.25) is 5.02 Å². The molecule has 0 saturated heterocycles. The number of halogens is 3. The van der Waals surface area contributed by atoms with Crippen molar-refractivity contribution in [3.05, 3.63) is 33.0 Å². The molecular weight excluding hydrogens is 248 g/mol. The van der Waals surface area contributed by atoms with E-state index in [-0.39, 0.29) is 10.6 Å². The summed E-state index contributed by atoms with van der Waals surface area (Å²) < 4.78 is 13.4. The van der Waals surface area contributed by atoms with Gasteiger partial charge in [-0.05, 0) is 28.1 Å². The van der Waals surface area contributed by atoms with Crippen LogP contribution in [0.25, 0.3) is 0 Å². The fraction of sp³-hybridized carbons (Fsp3) is 0. The van der Waals surface area contributed by atoms with Crippen LogP contribution in [0.15, 0.2) is 16.6 Å². The van der Waals surface area contributed by atoms with Gasteiger partial charge in [0.2, 0.25) is 0 Å². The summed E-state index contributed by atoms with van der Waals surface area (Å²) in [5.74, 6) is -1.62. The van der Waals surface area contributed by atoms with Gasteiger partial charge in [-0.1, -0.05) is 11.6 Å². The molecule has 0 radical (unpaired) electrons. The number of primary amides is 1. The smallest absolute Gasteiger partial charge is 0.251 e. The molecule has 0 heterocycles. The molecule has 1 amide bonds. The minimum absolute atomic E-state index is 0.133. The number of rotatable bonds is 1. The van der Waals surface area contributed by atoms with E-state index in [9.17, 15) is 9.18 Å². The molecule has 0 fully saturated rings. The first-order valence-electron chi connectivity index (χ1n) is 2.97. The molecule has 1 aromatic carbocycles. The molecule has 5 heteroatoms. The van der Waals surface area contributed by atoms with Gasteiger partial charge in [0.05, 0.1) is 10.6 Å². The van der Waals surface area contributed by atoms with Crippen molar-refractivity contribution in [3.8, 4) is 0 Å². The third-order valence-electron chi connectivity index (χ3n) is 1.30. The summed E-state index contributed by atoms with van der Waals surface area (Å²) in [6.45, 7) is 0. The first-order chi connectivity index (χ1) is 5.54. The van der Waals surface area contributed by atoms with Gasteiger partial charge in [0, 0.05) is 4.47 Å². The monoisotopic (exact) mass is 251 g/mol. The lowest BCUT2D eigenvalue weighted by Crippen LogP contribution is -2.13. The predicted molar refractivity (Wildman–Crippen MR) is 47.6 cm³/mol. The first-order valence-corrected chi connectivity index (χ1v) is 4.14. The average molecular weight is 252 g/mol. The Morgan fingerprint density at radius 1 is 1.58 bits per heavy atom. The van der Waals surface area contributed by atoms with E-state index >= 15 is 0 Å². The van der Waals surface area contributed by atoms with Crippen LogP contribution in [0.5, 0.6) is 0 Å². The summed E-state index contributed by atoms with van der Waals surface area (Å²) in [7, 11) is 0. The summed E-state index contributed by atoms with van der Waals surface area (Å²) in [6, 6.07) is 2.74. The van der Waals surface area contributed by atoms with Gasteiger partial charge in [-0.2, -0.15) is 0 Å². The Morgan fingerprint density at radius 2 is 2.17 bits per heavy atom. The van der Waals surface area contributed by atoms with Crippen molar-refractivity contribution in [1.29, 1.82) is 0 Å².